The van der Waals surface area contributed by atoms with Crippen LogP contribution in [0.25, 0.3) is 11.0 Å². The molecule has 4 aromatic heterocycles. The van der Waals surface area contributed by atoms with E-state index in [9.17, 15) is 4.39 Å². The van der Waals surface area contributed by atoms with Crippen molar-refractivity contribution < 1.29 is 8.91 Å². The van der Waals surface area contributed by atoms with Crippen molar-refractivity contribution in [2.45, 2.75) is 20.0 Å². The van der Waals surface area contributed by atoms with Gasteiger partial charge in [-0.2, -0.15) is 4.98 Å². The lowest BCUT2D eigenvalue weighted by atomic mass is 10.3. The number of nitrogen functional groups attached to an aromatic ring is 1. The summed E-state index contributed by atoms with van der Waals surface area (Å²) in [6.45, 7) is 2.48. The summed E-state index contributed by atoms with van der Waals surface area (Å²) >= 11 is 0. The molecular formula is C17H16FN7O. The van der Waals surface area contributed by atoms with Crippen molar-refractivity contribution in [3.63, 3.8) is 0 Å². The lowest BCUT2D eigenvalue weighted by Crippen LogP contribution is -2.09. The third kappa shape index (κ3) is 3.06. The number of nitrogens with one attached hydrogen (secondary N) is 1. The number of aryl methyl sites for hydroxylation is 1. The van der Waals surface area contributed by atoms with Gasteiger partial charge in [0, 0.05) is 18.5 Å². The van der Waals surface area contributed by atoms with Gasteiger partial charge in [-0.1, -0.05) is 5.16 Å². The molecule has 0 amide bonds. The zero-order valence-corrected chi connectivity index (χ0v) is 14.0. The molecule has 4 rings (SSSR count). The molecule has 26 heavy (non-hydrogen) atoms. The van der Waals surface area contributed by atoms with Crippen LogP contribution in [0.3, 0.4) is 0 Å². The number of aromatic nitrogens is 5. The van der Waals surface area contributed by atoms with Crippen molar-refractivity contribution in [3.8, 4) is 0 Å². The lowest BCUT2D eigenvalue weighted by molar-refractivity contribution is 0.391. The Morgan fingerprint density at radius 2 is 2.19 bits per heavy atom. The second kappa shape index (κ2) is 6.43. The van der Waals surface area contributed by atoms with E-state index in [0.717, 1.165) is 11.5 Å². The molecule has 0 aliphatic carbocycles. The van der Waals surface area contributed by atoms with E-state index in [-0.39, 0.29) is 18.3 Å². The van der Waals surface area contributed by atoms with Gasteiger partial charge in [0.1, 0.15) is 22.8 Å². The maximum absolute atomic E-state index is 14.0. The van der Waals surface area contributed by atoms with Crippen LogP contribution in [-0.2, 0) is 13.1 Å². The molecule has 3 N–H and O–H groups in total. The fourth-order valence-corrected chi connectivity index (χ4v) is 2.75. The third-order valence-electron chi connectivity index (χ3n) is 3.90. The van der Waals surface area contributed by atoms with Crippen LogP contribution >= 0.6 is 0 Å². The highest BCUT2D eigenvalue weighted by Gasteiger charge is 2.14. The highest BCUT2D eigenvalue weighted by Crippen LogP contribution is 2.24. The molecule has 0 atom stereocenters. The summed E-state index contributed by atoms with van der Waals surface area (Å²) in [6, 6.07) is 6.58. The number of rotatable bonds is 5. The summed E-state index contributed by atoms with van der Waals surface area (Å²) in [7, 11) is 0. The highest BCUT2D eigenvalue weighted by atomic mass is 19.1. The number of pyridine rings is 1. The maximum Gasteiger partial charge on any atom is 0.222 e. The van der Waals surface area contributed by atoms with Gasteiger partial charge in [-0.15, -0.1) is 0 Å². The number of halogens is 1. The first kappa shape index (κ1) is 16.0. The molecule has 0 aliphatic heterocycles. The topological polar surface area (TPSA) is 108 Å². The number of hydrogen-bond donors (Lipinski definition) is 2. The summed E-state index contributed by atoms with van der Waals surface area (Å²) in [5.74, 6) is 1.05. The van der Waals surface area contributed by atoms with Gasteiger partial charge in [0.25, 0.3) is 0 Å². The Labute approximate surface area is 147 Å². The Hall–Kier alpha value is -3.49. The van der Waals surface area contributed by atoms with Gasteiger partial charge < -0.3 is 20.1 Å². The van der Waals surface area contributed by atoms with Gasteiger partial charge in [-0.3, -0.25) is 4.98 Å². The zero-order chi connectivity index (χ0) is 18.1. The van der Waals surface area contributed by atoms with E-state index in [1.807, 2.05) is 17.6 Å². The summed E-state index contributed by atoms with van der Waals surface area (Å²) in [5, 5.41) is 7.14. The molecule has 0 radical (unpaired) electrons. The zero-order valence-electron chi connectivity index (χ0n) is 14.0. The van der Waals surface area contributed by atoms with Crippen molar-refractivity contribution in [2.75, 3.05) is 11.1 Å². The summed E-state index contributed by atoms with van der Waals surface area (Å²) in [4.78, 5) is 12.6. The molecule has 0 aliphatic rings. The fraction of sp³-hybridized carbons (Fsp3) is 0.176. The first-order valence-electron chi connectivity index (χ1n) is 7.98. The molecule has 4 aromatic rings. The van der Waals surface area contributed by atoms with Crippen LogP contribution in [0.4, 0.5) is 16.2 Å². The minimum absolute atomic E-state index is 0.151. The van der Waals surface area contributed by atoms with Crippen LogP contribution in [0.5, 0.6) is 0 Å². The van der Waals surface area contributed by atoms with Gasteiger partial charge in [-0.25, -0.2) is 9.37 Å². The van der Waals surface area contributed by atoms with Crippen molar-refractivity contribution >= 4 is 22.8 Å². The van der Waals surface area contributed by atoms with E-state index in [1.54, 1.807) is 24.5 Å². The van der Waals surface area contributed by atoms with E-state index in [0.29, 0.717) is 29.1 Å². The third-order valence-corrected chi connectivity index (χ3v) is 3.90. The van der Waals surface area contributed by atoms with Gasteiger partial charge in [0.15, 0.2) is 5.82 Å². The molecule has 0 aromatic carbocycles. The van der Waals surface area contributed by atoms with Gasteiger partial charge >= 0.3 is 0 Å². The largest absolute Gasteiger partial charge is 0.368 e. The Bertz CT molecular complexity index is 1070. The maximum atomic E-state index is 14.0. The normalized spacial score (nSPS) is 11.2. The quantitative estimate of drug-likeness (QED) is 0.567. The second-order valence-electron chi connectivity index (χ2n) is 5.82. The van der Waals surface area contributed by atoms with E-state index in [4.69, 9.17) is 10.3 Å². The van der Waals surface area contributed by atoms with Gasteiger partial charge in [0.2, 0.25) is 5.95 Å². The monoisotopic (exact) mass is 353 g/mol. The molecule has 0 saturated heterocycles. The predicted molar refractivity (Wildman–Crippen MR) is 93.8 cm³/mol. The van der Waals surface area contributed by atoms with E-state index >= 15 is 0 Å². The minimum atomic E-state index is -0.363. The van der Waals surface area contributed by atoms with Gasteiger partial charge in [-0.05, 0) is 25.1 Å². The highest BCUT2D eigenvalue weighted by molar-refractivity contribution is 5.87. The summed E-state index contributed by atoms with van der Waals surface area (Å²) in [6.07, 6.45) is 3.36. The molecule has 0 unspecified atom stereocenters. The van der Waals surface area contributed by atoms with Crippen LogP contribution in [-0.4, -0.2) is 24.7 Å². The molecule has 0 fully saturated rings. The molecule has 8 nitrogen and oxygen atoms in total. The average molecular weight is 353 g/mol. The Morgan fingerprint density at radius 3 is 2.96 bits per heavy atom. The van der Waals surface area contributed by atoms with Crippen LogP contribution in [0.15, 0.2) is 41.2 Å². The SMILES string of the molecule is Cc1cc(CNc2nc(N)nc3ccn(Cc4ncccc4F)c23)no1. The smallest absolute Gasteiger partial charge is 0.222 e. The number of fused-ring (bicyclic) bond motifs is 1. The predicted octanol–water partition coefficient (Wildman–Crippen LogP) is 2.50. The summed E-state index contributed by atoms with van der Waals surface area (Å²) in [5.41, 5.74) is 8.25. The minimum Gasteiger partial charge on any atom is -0.368 e. The fourth-order valence-electron chi connectivity index (χ4n) is 2.75. The van der Waals surface area contributed by atoms with Crippen molar-refractivity contribution in [1.82, 2.24) is 24.7 Å². The molecule has 0 spiro atoms. The molecule has 132 valence electrons. The van der Waals surface area contributed by atoms with Crippen LogP contribution in [0.2, 0.25) is 0 Å². The molecule has 0 saturated carbocycles. The first-order valence-corrected chi connectivity index (χ1v) is 7.98. The number of nitrogens with two attached hydrogens (primary N) is 1. The molecule has 4 heterocycles. The van der Waals surface area contributed by atoms with Crippen LogP contribution in [0, 0.1) is 12.7 Å². The first-order chi connectivity index (χ1) is 12.6. The van der Waals surface area contributed by atoms with E-state index in [2.05, 4.69) is 25.4 Å². The number of nitrogens with zero attached hydrogens (tertiary/aromatic N) is 5. The van der Waals surface area contributed by atoms with Gasteiger partial charge in [0.05, 0.1) is 24.3 Å². The Balaban J connectivity index is 1.69. The number of anilines is 2. The average Bonchev–Trinajstić information content (AvgIpc) is 3.21. The van der Waals surface area contributed by atoms with E-state index < -0.39 is 0 Å². The van der Waals surface area contributed by atoms with E-state index in [1.165, 1.54) is 6.07 Å². The van der Waals surface area contributed by atoms with Crippen LogP contribution < -0.4 is 11.1 Å². The molecule has 9 heteroatoms. The second-order valence-corrected chi connectivity index (χ2v) is 5.82. The molecular weight excluding hydrogens is 337 g/mol. The molecule has 0 bridgehead atoms. The van der Waals surface area contributed by atoms with Crippen molar-refractivity contribution in [1.29, 1.82) is 0 Å². The lowest BCUT2D eigenvalue weighted by Gasteiger charge is -2.10. The van der Waals surface area contributed by atoms with Crippen molar-refractivity contribution in [2.24, 2.45) is 0 Å². The summed E-state index contributed by atoms with van der Waals surface area (Å²) < 4.78 is 20.8. The Morgan fingerprint density at radius 1 is 1.31 bits per heavy atom. The van der Waals surface area contributed by atoms with Crippen molar-refractivity contribution in [3.05, 3.63) is 59.6 Å². The standard InChI is InChI=1S/C17H16FN7O/c1-10-7-11(24-26-10)8-21-16-15-13(22-17(19)23-16)4-6-25(15)9-14-12(18)3-2-5-20-14/h2-7H,8-9H2,1H3,(H3,19,21,22,23). The number of hydrogen-bond acceptors (Lipinski definition) is 7. The Kier molecular flexibility index (Phi) is 3.96. The van der Waals surface area contributed by atoms with Crippen LogP contribution in [0.1, 0.15) is 17.1 Å².